The van der Waals surface area contributed by atoms with Crippen molar-refractivity contribution in [2.24, 2.45) is 0 Å². The standard InChI is InChI=1S/C27H32N2O5/c1-28(2)23-6-5-7-26(18-23)33-16-17-34-27(30)29(19-21-8-12-24(31-3)13-9-21)20-22-10-14-25(32-4)15-11-22/h5-15,18H,16-17,19-20H2,1-4H3. The summed E-state index contributed by atoms with van der Waals surface area (Å²) >= 11 is 0. The second-order valence-electron chi connectivity index (χ2n) is 7.91. The maximum absolute atomic E-state index is 12.9. The number of anilines is 1. The number of carbonyl (C=O) groups excluding carboxylic acids is 1. The van der Waals surface area contributed by atoms with Gasteiger partial charge in [-0.15, -0.1) is 0 Å². The van der Waals surface area contributed by atoms with Gasteiger partial charge in [0.25, 0.3) is 0 Å². The number of hydrogen-bond donors (Lipinski definition) is 0. The highest BCUT2D eigenvalue weighted by molar-refractivity contribution is 5.67. The molecular weight excluding hydrogens is 432 g/mol. The smallest absolute Gasteiger partial charge is 0.410 e. The van der Waals surface area contributed by atoms with E-state index in [-0.39, 0.29) is 13.2 Å². The zero-order valence-corrected chi connectivity index (χ0v) is 20.2. The second kappa shape index (κ2) is 12.4. The van der Waals surface area contributed by atoms with E-state index < -0.39 is 6.09 Å². The molecule has 0 fully saturated rings. The third-order valence-corrected chi connectivity index (χ3v) is 5.23. The van der Waals surface area contributed by atoms with E-state index in [1.165, 1.54) is 0 Å². The van der Waals surface area contributed by atoms with Crippen molar-refractivity contribution in [3.63, 3.8) is 0 Å². The van der Waals surface area contributed by atoms with Crippen LogP contribution in [-0.4, -0.2) is 52.5 Å². The summed E-state index contributed by atoms with van der Waals surface area (Å²) in [4.78, 5) is 16.6. The minimum atomic E-state index is -0.405. The van der Waals surface area contributed by atoms with Gasteiger partial charge < -0.3 is 23.8 Å². The van der Waals surface area contributed by atoms with Crippen LogP contribution in [0.4, 0.5) is 10.5 Å². The molecule has 0 aliphatic carbocycles. The monoisotopic (exact) mass is 464 g/mol. The highest BCUT2D eigenvalue weighted by Crippen LogP contribution is 2.20. The van der Waals surface area contributed by atoms with Gasteiger partial charge in [-0.1, -0.05) is 30.3 Å². The lowest BCUT2D eigenvalue weighted by molar-refractivity contribution is 0.0836. The van der Waals surface area contributed by atoms with Crippen LogP contribution in [0.3, 0.4) is 0 Å². The Morgan fingerprint density at radius 2 is 1.29 bits per heavy atom. The molecule has 34 heavy (non-hydrogen) atoms. The van der Waals surface area contributed by atoms with Gasteiger partial charge in [-0.05, 0) is 47.5 Å². The lowest BCUT2D eigenvalue weighted by Crippen LogP contribution is -2.31. The summed E-state index contributed by atoms with van der Waals surface area (Å²) in [6.07, 6.45) is -0.405. The minimum Gasteiger partial charge on any atom is -0.497 e. The van der Waals surface area contributed by atoms with Crippen LogP contribution in [-0.2, 0) is 17.8 Å². The fraction of sp³-hybridized carbons (Fsp3) is 0.296. The maximum Gasteiger partial charge on any atom is 0.410 e. The van der Waals surface area contributed by atoms with Gasteiger partial charge in [0.05, 0.1) is 14.2 Å². The van der Waals surface area contributed by atoms with E-state index >= 15 is 0 Å². The summed E-state index contributed by atoms with van der Waals surface area (Å²) in [6, 6.07) is 23.0. The lowest BCUT2D eigenvalue weighted by atomic mass is 10.1. The minimum absolute atomic E-state index is 0.146. The molecule has 3 aromatic carbocycles. The SMILES string of the molecule is COc1ccc(CN(Cc2ccc(OC)cc2)C(=O)OCCOc2cccc(N(C)C)c2)cc1. The average Bonchev–Trinajstić information content (AvgIpc) is 2.87. The van der Waals surface area contributed by atoms with Crippen molar-refractivity contribution in [1.82, 2.24) is 4.90 Å². The fourth-order valence-corrected chi connectivity index (χ4v) is 3.32. The Morgan fingerprint density at radius 3 is 1.79 bits per heavy atom. The number of amides is 1. The predicted molar refractivity (Wildman–Crippen MR) is 133 cm³/mol. The molecule has 180 valence electrons. The van der Waals surface area contributed by atoms with Crippen molar-refractivity contribution < 1.29 is 23.7 Å². The number of methoxy groups -OCH3 is 2. The number of nitrogens with zero attached hydrogens (tertiary/aromatic N) is 2. The summed E-state index contributed by atoms with van der Waals surface area (Å²) in [7, 11) is 7.20. The average molecular weight is 465 g/mol. The van der Waals surface area contributed by atoms with Gasteiger partial charge >= 0.3 is 6.09 Å². The molecule has 0 saturated carbocycles. The van der Waals surface area contributed by atoms with Gasteiger partial charge in [0.15, 0.2) is 0 Å². The zero-order valence-electron chi connectivity index (χ0n) is 20.2. The Kier molecular flexibility index (Phi) is 9.03. The number of benzene rings is 3. The summed E-state index contributed by atoms with van der Waals surface area (Å²) in [5, 5.41) is 0. The third kappa shape index (κ3) is 7.33. The van der Waals surface area contributed by atoms with Crippen molar-refractivity contribution in [2.75, 3.05) is 46.4 Å². The first kappa shape index (κ1) is 24.8. The number of hydrogen-bond acceptors (Lipinski definition) is 6. The van der Waals surface area contributed by atoms with Crippen LogP contribution in [0.5, 0.6) is 17.2 Å². The van der Waals surface area contributed by atoms with Crippen molar-refractivity contribution in [3.8, 4) is 17.2 Å². The normalized spacial score (nSPS) is 10.4. The zero-order chi connectivity index (χ0) is 24.3. The molecule has 0 radical (unpaired) electrons. The highest BCUT2D eigenvalue weighted by atomic mass is 16.6. The van der Waals surface area contributed by atoms with Gasteiger partial charge in [-0.3, -0.25) is 4.90 Å². The molecule has 3 rings (SSSR count). The van der Waals surface area contributed by atoms with Crippen LogP contribution in [0, 0.1) is 0 Å². The van der Waals surface area contributed by atoms with Gasteiger partial charge in [-0.2, -0.15) is 0 Å². The van der Waals surface area contributed by atoms with Gasteiger partial charge in [0.1, 0.15) is 30.5 Å². The Morgan fingerprint density at radius 1 is 0.735 bits per heavy atom. The topological polar surface area (TPSA) is 60.5 Å². The van der Waals surface area contributed by atoms with Crippen molar-refractivity contribution in [2.45, 2.75) is 13.1 Å². The lowest BCUT2D eigenvalue weighted by Gasteiger charge is -2.23. The van der Waals surface area contributed by atoms with E-state index in [2.05, 4.69) is 0 Å². The van der Waals surface area contributed by atoms with Crippen LogP contribution in [0.2, 0.25) is 0 Å². The van der Waals surface area contributed by atoms with Crippen molar-refractivity contribution >= 4 is 11.8 Å². The van der Waals surface area contributed by atoms with E-state index in [4.69, 9.17) is 18.9 Å². The molecular formula is C27H32N2O5. The summed E-state index contributed by atoms with van der Waals surface area (Å²) in [6.45, 7) is 1.22. The molecule has 0 atom stereocenters. The number of carbonyl (C=O) groups is 1. The summed E-state index contributed by atoms with van der Waals surface area (Å²) in [5.41, 5.74) is 2.99. The molecule has 0 saturated heterocycles. The third-order valence-electron chi connectivity index (χ3n) is 5.23. The van der Waals surface area contributed by atoms with E-state index in [1.54, 1.807) is 19.1 Å². The van der Waals surface area contributed by atoms with Gasteiger partial charge in [0, 0.05) is 38.9 Å². The van der Waals surface area contributed by atoms with E-state index in [0.717, 1.165) is 34.1 Å². The molecule has 1 amide bonds. The van der Waals surface area contributed by atoms with Crippen LogP contribution in [0.15, 0.2) is 72.8 Å². The first-order chi connectivity index (χ1) is 16.5. The number of ether oxygens (including phenoxy) is 4. The Bertz CT molecular complexity index is 986. The van der Waals surface area contributed by atoms with Crippen LogP contribution in [0.25, 0.3) is 0 Å². The number of rotatable bonds is 11. The molecule has 0 unspecified atom stereocenters. The molecule has 0 aliphatic rings. The summed E-state index contributed by atoms with van der Waals surface area (Å²) < 4.78 is 21.8. The van der Waals surface area contributed by atoms with Crippen LogP contribution < -0.4 is 19.1 Å². The van der Waals surface area contributed by atoms with Crippen molar-refractivity contribution in [1.29, 1.82) is 0 Å². The molecule has 0 bridgehead atoms. The Balaban J connectivity index is 1.61. The molecule has 7 nitrogen and oxygen atoms in total. The van der Waals surface area contributed by atoms with Gasteiger partial charge in [0.2, 0.25) is 0 Å². The molecule has 7 heteroatoms. The van der Waals surface area contributed by atoms with E-state index in [1.807, 2.05) is 91.8 Å². The van der Waals surface area contributed by atoms with Gasteiger partial charge in [-0.25, -0.2) is 4.79 Å². The Labute approximate surface area is 201 Å². The van der Waals surface area contributed by atoms with Crippen LogP contribution in [0.1, 0.15) is 11.1 Å². The first-order valence-corrected chi connectivity index (χ1v) is 11.1. The molecule has 3 aromatic rings. The van der Waals surface area contributed by atoms with Crippen LogP contribution >= 0.6 is 0 Å². The molecule has 0 aliphatic heterocycles. The second-order valence-corrected chi connectivity index (χ2v) is 7.91. The van der Waals surface area contributed by atoms with E-state index in [9.17, 15) is 4.79 Å². The highest BCUT2D eigenvalue weighted by Gasteiger charge is 2.17. The maximum atomic E-state index is 12.9. The predicted octanol–water partition coefficient (Wildman–Crippen LogP) is 4.99. The van der Waals surface area contributed by atoms with E-state index in [0.29, 0.717) is 13.1 Å². The summed E-state index contributed by atoms with van der Waals surface area (Å²) in [5.74, 6) is 2.27. The van der Waals surface area contributed by atoms with Crippen molar-refractivity contribution in [3.05, 3.63) is 83.9 Å². The largest absolute Gasteiger partial charge is 0.497 e. The molecule has 0 spiro atoms. The molecule has 0 aromatic heterocycles. The Hall–Kier alpha value is -3.87. The quantitative estimate of drug-likeness (QED) is 0.373. The fourth-order valence-electron chi connectivity index (χ4n) is 3.32. The molecule has 0 N–H and O–H groups in total. The molecule has 0 heterocycles. The first-order valence-electron chi connectivity index (χ1n) is 11.1.